The Labute approximate surface area is 217 Å². The zero-order valence-electron chi connectivity index (χ0n) is 21.1. The van der Waals surface area contributed by atoms with Gasteiger partial charge in [0.2, 0.25) is 5.91 Å². The van der Waals surface area contributed by atoms with E-state index in [0.717, 1.165) is 85.9 Å². The minimum Gasteiger partial charge on any atom is -0.342 e. The molecule has 7 rings (SSSR count). The Hall–Kier alpha value is -3.54. The maximum absolute atomic E-state index is 13.8. The lowest BCUT2D eigenvalue weighted by Crippen LogP contribution is -2.44. The van der Waals surface area contributed by atoms with Crippen molar-refractivity contribution in [3.05, 3.63) is 66.5 Å². The molecule has 2 saturated carbocycles. The summed E-state index contributed by atoms with van der Waals surface area (Å²) < 4.78 is 0. The molecular formula is C31H32N4O2. The molecule has 0 N–H and O–H groups in total. The largest absolute Gasteiger partial charge is 0.342 e. The summed E-state index contributed by atoms with van der Waals surface area (Å²) in [6.45, 7) is 2.22. The number of rotatable bonds is 5. The molecule has 3 heterocycles. The van der Waals surface area contributed by atoms with Crippen molar-refractivity contribution >= 4 is 28.4 Å². The highest BCUT2D eigenvalue weighted by Gasteiger charge is 2.50. The molecule has 0 unspecified atom stereocenters. The van der Waals surface area contributed by atoms with E-state index >= 15 is 0 Å². The third-order valence-corrected chi connectivity index (χ3v) is 8.73. The van der Waals surface area contributed by atoms with Crippen LogP contribution in [0.1, 0.15) is 50.5 Å². The molecule has 2 aliphatic carbocycles. The van der Waals surface area contributed by atoms with E-state index in [0.29, 0.717) is 18.4 Å². The molecule has 6 nitrogen and oxygen atoms in total. The smallest absolute Gasteiger partial charge is 0.256 e. The number of hydrogen-bond acceptors (Lipinski definition) is 4. The molecule has 0 bridgehead atoms. The highest BCUT2D eigenvalue weighted by Crippen LogP contribution is 2.41. The van der Waals surface area contributed by atoms with Gasteiger partial charge >= 0.3 is 0 Å². The first-order chi connectivity index (χ1) is 18.1. The molecule has 0 radical (unpaired) electrons. The van der Waals surface area contributed by atoms with Gasteiger partial charge in [-0.3, -0.25) is 24.5 Å². The van der Waals surface area contributed by atoms with Crippen LogP contribution in [0.5, 0.6) is 0 Å². The molecule has 1 spiro atoms. The average molecular weight is 493 g/mol. The van der Waals surface area contributed by atoms with Crippen LogP contribution in [-0.4, -0.2) is 57.6 Å². The summed E-state index contributed by atoms with van der Waals surface area (Å²) in [4.78, 5) is 39.7. The summed E-state index contributed by atoms with van der Waals surface area (Å²) in [5, 5.41) is 2.30. The van der Waals surface area contributed by atoms with Gasteiger partial charge in [-0.2, -0.15) is 0 Å². The highest BCUT2D eigenvalue weighted by atomic mass is 16.2. The second-order valence-corrected chi connectivity index (χ2v) is 11.3. The van der Waals surface area contributed by atoms with Gasteiger partial charge in [0.05, 0.1) is 0 Å². The number of carbonyl (C=O) groups is 2. The monoisotopic (exact) mass is 492 g/mol. The van der Waals surface area contributed by atoms with Crippen LogP contribution in [0.2, 0.25) is 0 Å². The Morgan fingerprint density at radius 3 is 2.46 bits per heavy atom. The van der Waals surface area contributed by atoms with Crippen molar-refractivity contribution in [1.29, 1.82) is 0 Å². The second kappa shape index (κ2) is 8.79. The quantitative estimate of drug-likeness (QED) is 0.500. The Kier molecular flexibility index (Phi) is 5.38. The summed E-state index contributed by atoms with van der Waals surface area (Å²) in [5.74, 6) is 1.86. The van der Waals surface area contributed by atoms with Crippen molar-refractivity contribution in [2.75, 3.05) is 19.6 Å². The van der Waals surface area contributed by atoms with E-state index in [2.05, 4.69) is 47.4 Å². The third-order valence-electron chi connectivity index (χ3n) is 8.73. The van der Waals surface area contributed by atoms with Gasteiger partial charge in [-0.05, 0) is 66.7 Å². The number of aromatic nitrogens is 1. The van der Waals surface area contributed by atoms with E-state index in [1.165, 1.54) is 5.39 Å². The van der Waals surface area contributed by atoms with Crippen LogP contribution >= 0.6 is 0 Å². The van der Waals surface area contributed by atoms with Crippen molar-refractivity contribution in [3.63, 3.8) is 0 Å². The Morgan fingerprint density at radius 2 is 1.68 bits per heavy atom. The lowest BCUT2D eigenvalue weighted by Gasteiger charge is -2.25. The van der Waals surface area contributed by atoms with Crippen LogP contribution < -0.4 is 0 Å². The number of carbonyl (C=O) groups excluding carboxylic acids is 2. The van der Waals surface area contributed by atoms with Gasteiger partial charge in [0, 0.05) is 48.9 Å². The number of fused-ring (bicyclic) bond motifs is 1. The van der Waals surface area contributed by atoms with Crippen LogP contribution in [-0.2, 0) is 9.59 Å². The highest BCUT2D eigenvalue weighted by molar-refractivity contribution is 6.15. The van der Waals surface area contributed by atoms with Crippen LogP contribution in [0.25, 0.3) is 21.9 Å². The first-order valence-corrected chi connectivity index (χ1v) is 13.7. The molecule has 2 aliphatic heterocycles. The maximum Gasteiger partial charge on any atom is 0.256 e. The van der Waals surface area contributed by atoms with E-state index in [9.17, 15) is 9.59 Å². The van der Waals surface area contributed by atoms with Crippen molar-refractivity contribution in [2.24, 2.45) is 16.8 Å². The molecule has 188 valence electrons. The normalized spacial score (nSPS) is 22.9. The molecular weight excluding hydrogens is 460 g/mol. The summed E-state index contributed by atoms with van der Waals surface area (Å²) in [7, 11) is 0. The van der Waals surface area contributed by atoms with Gasteiger partial charge in [-0.25, -0.2) is 0 Å². The standard InChI is InChI=1S/C31H32N4O2/c36-29(24-7-8-24)34-16-12-21(19-34)20-35-28(33-31(30(35)37)13-1-2-14-31)23-5-3-22(4-6-23)25-9-10-27-18-32-15-11-26(27)17-25/h3-6,9-11,15,17-18,21,24H,1-2,7-8,12-14,16,19-20H2/t21-/m1/s1. The van der Waals surface area contributed by atoms with Gasteiger partial charge in [0.1, 0.15) is 11.4 Å². The van der Waals surface area contributed by atoms with Crippen LogP contribution in [0.15, 0.2) is 65.9 Å². The fraction of sp³-hybridized carbons (Fsp3) is 0.419. The predicted molar refractivity (Wildman–Crippen MR) is 144 cm³/mol. The summed E-state index contributed by atoms with van der Waals surface area (Å²) in [6, 6.07) is 16.9. The second-order valence-electron chi connectivity index (χ2n) is 11.3. The van der Waals surface area contributed by atoms with E-state index in [-0.39, 0.29) is 11.8 Å². The molecule has 1 atom stereocenters. The van der Waals surface area contributed by atoms with Gasteiger partial charge in [-0.15, -0.1) is 0 Å². The number of nitrogens with zero attached hydrogens (tertiary/aromatic N) is 4. The first kappa shape index (κ1) is 22.6. The maximum atomic E-state index is 13.8. The minimum atomic E-state index is -0.581. The number of likely N-dealkylation sites (tertiary alicyclic amines) is 1. The lowest BCUT2D eigenvalue weighted by atomic mass is 9.97. The Morgan fingerprint density at radius 1 is 0.919 bits per heavy atom. The first-order valence-electron chi connectivity index (χ1n) is 13.7. The third kappa shape index (κ3) is 4.03. The summed E-state index contributed by atoms with van der Waals surface area (Å²) in [5.41, 5.74) is 2.71. The van der Waals surface area contributed by atoms with Crippen LogP contribution in [0.3, 0.4) is 0 Å². The number of hydrogen-bond donors (Lipinski definition) is 0. The van der Waals surface area contributed by atoms with E-state index in [4.69, 9.17) is 4.99 Å². The SMILES string of the molecule is O=C(C1CC1)N1CC[C@@H](CN2C(=O)C3(CCCC3)N=C2c2ccc(-c3ccc4cnccc4c3)cc2)C1. The molecule has 4 aliphatic rings. The molecule has 1 aromatic heterocycles. The van der Waals surface area contributed by atoms with Crippen molar-refractivity contribution < 1.29 is 9.59 Å². The predicted octanol–water partition coefficient (Wildman–Crippen LogP) is 5.06. The summed E-state index contributed by atoms with van der Waals surface area (Å²) in [6.07, 6.45) is 10.5. The fourth-order valence-corrected chi connectivity index (χ4v) is 6.44. The van der Waals surface area contributed by atoms with Gasteiger partial charge < -0.3 is 4.90 Å². The van der Waals surface area contributed by atoms with Crippen molar-refractivity contribution in [3.8, 4) is 11.1 Å². The molecule has 37 heavy (non-hydrogen) atoms. The molecule has 3 fully saturated rings. The van der Waals surface area contributed by atoms with Crippen LogP contribution in [0, 0.1) is 11.8 Å². The van der Waals surface area contributed by atoms with E-state index < -0.39 is 5.54 Å². The molecule has 3 aromatic rings. The number of aliphatic imine (C=N–C) groups is 1. The number of amides is 2. The topological polar surface area (TPSA) is 65.9 Å². The zero-order chi connectivity index (χ0) is 25.0. The molecule has 2 amide bonds. The lowest BCUT2D eigenvalue weighted by molar-refractivity contribution is -0.131. The molecule has 1 saturated heterocycles. The fourth-order valence-electron chi connectivity index (χ4n) is 6.44. The van der Waals surface area contributed by atoms with E-state index in [1.54, 1.807) is 0 Å². The van der Waals surface area contributed by atoms with E-state index in [1.807, 2.05) is 28.3 Å². The summed E-state index contributed by atoms with van der Waals surface area (Å²) >= 11 is 0. The molecule has 6 heteroatoms. The number of amidine groups is 1. The van der Waals surface area contributed by atoms with Crippen molar-refractivity contribution in [1.82, 2.24) is 14.8 Å². The number of benzene rings is 2. The Bertz CT molecular complexity index is 1400. The zero-order valence-corrected chi connectivity index (χ0v) is 21.1. The van der Waals surface area contributed by atoms with Crippen LogP contribution in [0.4, 0.5) is 0 Å². The van der Waals surface area contributed by atoms with Gasteiger partial charge in [-0.1, -0.05) is 49.2 Å². The van der Waals surface area contributed by atoms with Crippen molar-refractivity contribution in [2.45, 2.75) is 50.5 Å². The average Bonchev–Trinajstić information content (AvgIpc) is 3.39. The molecule has 2 aromatic carbocycles. The van der Waals surface area contributed by atoms with Gasteiger partial charge in [0.25, 0.3) is 5.91 Å². The Balaban J connectivity index is 1.15. The number of pyridine rings is 1. The van der Waals surface area contributed by atoms with Gasteiger partial charge in [0.15, 0.2) is 0 Å². The minimum absolute atomic E-state index is 0.166.